The zero-order chi connectivity index (χ0) is 12.5. The number of nitrogens with two attached hydrogens (primary N) is 1. The van der Waals surface area contributed by atoms with E-state index >= 15 is 0 Å². The molecule has 3 nitrogen and oxygen atoms in total. The summed E-state index contributed by atoms with van der Waals surface area (Å²) < 4.78 is 5.62. The Morgan fingerprint density at radius 2 is 1.82 bits per heavy atom. The molecule has 0 bridgehead atoms. The summed E-state index contributed by atoms with van der Waals surface area (Å²) in [6.45, 7) is 4.59. The SMILES string of the molecule is CC1(C)CCC(OC(=O)[C@@H]2CC[C@H](N)C2)CC1. The molecule has 2 saturated carbocycles. The van der Waals surface area contributed by atoms with Gasteiger partial charge in [-0.1, -0.05) is 13.8 Å². The first-order valence-electron chi connectivity index (χ1n) is 6.92. The number of carbonyl (C=O) groups excluding carboxylic acids is 1. The second-order valence-corrected chi connectivity index (χ2v) is 6.57. The lowest BCUT2D eigenvalue weighted by Crippen LogP contribution is -2.30. The molecule has 2 aliphatic carbocycles. The van der Waals surface area contributed by atoms with Gasteiger partial charge in [0.15, 0.2) is 0 Å². The van der Waals surface area contributed by atoms with Crippen molar-refractivity contribution in [2.45, 2.75) is 70.9 Å². The average molecular weight is 239 g/mol. The van der Waals surface area contributed by atoms with Gasteiger partial charge in [0.25, 0.3) is 0 Å². The smallest absolute Gasteiger partial charge is 0.309 e. The number of hydrogen-bond acceptors (Lipinski definition) is 3. The average Bonchev–Trinajstić information content (AvgIpc) is 2.68. The van der Waals surface area contributed by atoms with Crippen molar-refractivity contribution in [3.63, 3.8) is 0 Å². The van der Waals surface area contributed by atoms with Crippen molar-refractivity contribution in [2.24, 2.45) is 17.1 Å². The van der Waals surface area contributed by atoms with Crippen molar-refractivity contribution in [1.82, 2.24) is 0 Å². The number of carbonyl (C=O) groups is 1. The van der Waals surface area contributed by atoms with Gasteiger partial charge in [-0.05, 0) is 50.4 Å². The lowest BCUT2D eigenvalue weighted by atomic mass is 9.76. The Labute approximate surface area is 104 Å². The fourth-order valence-electron chi connectivity index (χ4n) is 2.98. The van der Waals surface area contributed by atoms with Crippen LogP contribution in [0.3, 0.4) is 0 Å². The van der Waals surface area contributed by atoms with Crippen LogP contribution in [-0.4, -0.2) is 18.1 Å². The third-order valence-corrected chi connectivity index (χ3v) is 4.38. The van der Waals surface area contributed by atoms with Gasteiger partial charge in [0.05, 0.1) is 5.92 Å². The zero-order valence-electron chi connectivity index (χ0n) is 11.1. The number of hydrogen-bond donors (Lipinski definition) is 1. The molecule has 3 heteroatoms. The van der Waals surface area contributed by atoms with Crippen LogP contribution < -0.4 is 5.73 Å². The maximum atomic E-state index is 11.9. The highest BCUT2D eigenvalue weighted by molar-refractivity contribution is 5.73. The van der Waals surface area contributed by atoms with Crippen LogP contribution in [-0.2, 0) is 9.53 Å². The molecule has 2 fully saturated rings. The molecule has 0 spiro atoms. The van der Waals surface area contributed by atoms with Gasteiger partial charge in [-0.25, -0.2) is 0 Å². The Kier molecular flexibility index (Phi) is 3.76. The molecule has 0 aromatic rings. The Hall–Kier alpha value is -0.570. The van der Waals surface area contributed by atoms with Gasteiger partial charge in [0.1, 0.15) is 6.10 Å². The molecule has 2 aliphatic rings. The molecule has 17 heavy (non-hydrogen) atoms. The number of ether oxygens (including phenoxy) is 1. The molecule has 2 rings (SSSR count). The Bertz CT molecular complexity index is 278. The minimum Gasteiger partial charge on any atom is -0.462 e. The summed E-state index contributed by atoms with van der Waals surface area (Å²) in [7, 11) is 0. The number of esters is 1. The maximum Gasteiger partial charge on any atom is 0.309 e. The van der Waals surface area contributed by atoms with Crippen LogP contribution in [0.5, 0.6) is 0 Å². The van der Waals surface area contributed by atoms with Gasteiger partial charge >= 0.3 is 5.97 Å². The van der Waals surface area contributed by atoms with Crippen LogP contribution in [0.1, 0.15) is 58.8 Å². The van der Waals surface area contributed by atoms with E-state index in [9.17, 15) is 4.79 Å². The van der Waals surface area contributed by atoms with Crippen LogP contribution in [0.25, 0.3) is 0 Å². The summed E-state index contributed by atoms with van der Waals surface area (Å²) in [6, 6.07) is 0.206. The lowest BCUT2D eigenvalue weighted by molar-refractivity contribution is -0.156. The van der Waals surface area contributed by atoms with Gasteiger partial charge in [-0.15, -0.1) is 0 Å². The van der Waals surface area contributed by atoms with Crippen molar-refractivity contribution in [2.75, 3.05) is 0 Å². The van der Waals surface area contributed by atoms with E-state index in [0.717, 1.165) is 44.9 Å². The maximum absolute atomic E-state index is 11.9. The third kappa shape index (κ3) is 3.44. The van der Waals surface area contributed by atoms with Crippen molar-refractivity contribution in [3.05, 3.63) is 0 Å². The predicted octanol–water partition coefficient (Wildman–Crippen LogP) is 2.63. The van der Waals surface area contributed by atoms with Crippen LogP contribution >= 0.6 is 0 Å². The van der Waals surface area contributed by atoms with Crippen LogP contribution in [0, 0.1) is 11.3 Å². The van der Waals surface area contributed by atoms with E-state index < -0.39 is 0 Å². The fourth-order valence-corrected chi connectivity index (χ4v) is 2.98. The highest BCUT2D eigenvalue weighted by Crippen LogP contribution is 2.37. The van der Waals surface area contributed by atoms with Crippen LogP contribution in [0.15, 0.2) is 0 Å². The summed E-state index contributed by atoms with van der Waals surface area (Å²) in [5.74, 6) is 0.0718. The van der Waals surface area contributed by atoms with E-state index in [-0.39, 0.29) is 24.0 Å². The Morgan fingerprint density at radius 3 is 2.35 bits per heavy atom. The second-order valence-electron chi connectivity index (χ2n) is 6.57. The third-order valence-electron chi connectivity index (χ3n) is 4.38. The molecular weight excluding hydrogens is 214 g/mol. The minimum atomic E-state index is 0.00246. The fraction of sp³-hybridized carbons (Fsp3) is 0.929. The molecule has 0 unspecified atom stereocenters. The summed E-state index contributed by atoms with van der Waals surface area (Å²) in [5, 5.41) is 0. The molecule has 0 aliphatic heterocycles. The Morgan fingerprint density at radius 1 is 1.18 bits per heavy atom. The standard InChI is InChI=1S/C14H25NO2/c1-14(2)7-5-12(6-8-14)17-13(16)10-3-4-11(15)9-10/h10-12H,3-9,15H2,1-2H3/t10-,11+/m1/s1. The number of rotatable bonds is 2. The van der Waals surface area contributed by atoms with Crippen molar-refractivity contribution in [1.29, 1.82) is 0 Å². The first-order valence-corrected chi connectivity index (χ1v) is 6.92. The van der Waals surface area contributed by atoms with E-state index in [0.29, 0.717) is 5.41 Å². The van der Waals surface area contributed by atoms with E-state index in [4.69, 9.17) is 10.5 Å². The highest BCUT2D eigenvalue weighted by atomic mass is 16.5. The van der Waals surface area contributed by atoms with E-state index in [1.165, 1.54) is 0 Å². The summed E-state index contributed by atoms with van der Waals surface area (Å²) in [5.41, 5.74) is 6.25. The minimum absolute atomic E-state index is 0.00246. The largest absolute Gasteiger partial charge is 0.462 e. The summed E-state index contributed by atoms with van der Waals surface area (Å²) in [4.78, 5) is 11.9. The predicted molar refractivity (Wildman–Crippen MR) is 67.4 cm³/mol. The van der Waals surface area contributed by atoms with E-state index in [2.05, 4.69) is 13.8 Å². The molecule has 2 N–H and O–H groups in total. The molecule has 2 atom stereocenters. The van der Waals surface area contributed by atoms with Gasteiger partial charge in [0, 0.05) is 6.04 Å². The quantitative estimate of drug-likeness (QED) is 0.754. The van der Waals surface area contributed by atoms with Gasteiger partial charge in [-0.3, -0.25) is 4.79 Å². The molecule has 0 aromatic carbocycles. The van der Waals surface area contributed by atoms with E-state index in [1.807, 2.05) is 0 Å². The molecule has 0 heterocycles. The first kappa shape index (κ1) is 12.9. The van der Waals surface area contributed by atoms with E-state index in [1.54, 1.807) is 0 Å². The van der Waals surface area contributed by atoms with Gasteiger partial charge in [-0.2, -0.15) is 0 Å². The first-order chi connectivity index (χ1) is 7.96. The zero-order valence-corrected chi connectivity index (χ0v) is 11.1. The van der Waals surface area contributed by atoms with Crippen molar-refractivity contribution < 1.29 is 9.53 Å². The molecule has 0 amide bonds. The molecule has 0 radical (unpaired) electrons. The van der Waals surface area contributed by atoms with Crippen LogP contribution in [0.4, 0.5) is 0 Å². The molecule has 0 saturated heterocycles. The topological polar surface area (TPSA) is 52.3 Å². The lowest BCUT2D eigenvalue weighted by Gasteiger charge is -2.34. The Balaban J connectivity index is 1.76. The molecule has 98 valence electrons. The monoisotopic (exact) mass is 239 g/mol. The normalized spacial score (nSPS) is 33.6. The van der Waals surface area contributed by atoms with Crippen LogP contribution in [0.2, 0.25) is 0 Å². The van der Waals surface area contributed by atoms with Gasteiger partial charge < -0.3 is 10.5 Å². The van der Waals surface area contributed by atoms with Gasteiger partial charge in [0.2, 0.25) is 0 Å². The summed E-state index contributed by atoms with van der Waals surface area (Å²) >= 11 is 0. The second kappa shape index (κ2) is 4.97. The summed E-state index contributed by atoms with van der Waals surface area (Å²) in [6.07, 6.45) is 7.23. The van der Waals surface area contributed by atoms with Crippen molar-refractivity contribution in [3.8, 4) is 0 Å². The molecular formula is C14H25NO2. The molecule has 0 aromatic heterocycles. The van der Waals surface area contributed by atoms with Crippen molar-refractivity contribution >= 4 is 5.97 Å². The highest BCUT2D eigenvalue weighted by Gasteiger charge is 2.33.